The highest BCUT2D eigenvalue weighted by atomic mass is 16.5. The van der Waals surface area contributed by atoms with Crippen molar-refractivity contribution in [3.05, 3.63) is 42.1 Å². The fourth-order valence-electron chi connectivity index (χ4n) is 6.57. The van der Waals surface area contributed by atoms with Gasteiger partial charge in [0.15, 0.2) is 5.82 Å². The predicted octanol–water partition coefficient (Wildman–Crippen LogP) is 5.78. The minimum absolute atomic E-state index is 0.0176. The zero-order chi connectivity index (χ0) is 29.9. The average molecular weight is 573 g/mol. The van der Waals surface area contributed by atoms with Crippen LogP contribution in [0.1, 0.15) is 63.7 Å². The summed E-state index contributed by atoms with van der Waals surface area (Å²) < 4.78 is 10.1. The number of hydrogen-bond acceptors (Lipinski definition) is 5. The molecule has 4 aromatic rings. The van der Waals surface area contributed by atoms with Crippen LogP contribution in [0.4, 0.5) is 4.79 Å². The lowest BCUT2D eigenvalue weighted by molar-refractivity contribution is 0.0195. The summed E-state index contributed by atoms with van der Waals surface area (Å²) in [6, 6.07) is 9.49. The van der Waals surface area contributed by atoms with Crippen molar-refractivity contribution in [2.45, 2.75) is 77.5 Å². The molecule has 222 valence electrons. The standard InChI is InChI=1S/C32H40N6O4/c1-19-9-12-23(38(31(40)41)32(2,3)4)18-36(19)30(39)22-14-24-27(26(16-22)42-6)35(5)29(34-24)25-15-21-8-7-13-33-28(21)37(25)17-20-10-11-20/h7-8,13-16,19-20,23H,9-12,17-18H2,1-6H3,(H,40,41). The predicted molar refractivity (Wildman–Crippen MR) is 162 cm³/mol. The van der Waals surface area contributed by atoms with Crippen LogP contribution in [0.15, 0.2) is 36.5 Å². The van der Waals surface area contributed by atoms with Gasteiger partial charge < -0.3 is 23.9 Å². The first-order valence-corrected chi connectivity index (χ1v) is 14.8. The Kier molecular flexibility index (Phi) is 6.90. The van der Waals surface area contributed by atoms with Crippen LogP contribution in [0.25, 0.3) is 33.6 Å². The molecule has 1 aliphatic carbocycles. The Morgan fingerprint density at radius 2 is 1.90 bits per heavy atom. The summed E-state index contributed by atoms with van der Waals surface area (Å²) in [5.41, 5.74) is 3.34. The van der Waals surface area contributed by atoms with Crippen molar-refractivity contribution in [1.82, 2.24) is 28.9 Å². The highest BCUT2D eigenvalue weighted by Crippen LogP contribution is 2.38. The van der Waals surface area contributed by atoms with E-state index in [4.69, 9.17) is 9.72 Å². The molecule has 1 saturated heterocycles. The molecular formula is C32H40N6O4. The van der Waals surface area contributed by atoms with E-state index in [-0.39, 0.29) is 18.0 Å². The quantitative estimate of drug-likeness (QED) is 0.314. The van der Waals surface area contributed by atoms with E-state index < -0.39 is 11.6 Å². The zero-order valence-corrected chi connectivity index (χ0v) is 25.3. The summed E-state index contributed by atoms with van der Waals surface area (Å²) in [6.07, 6.45) is 4.75. The van der Waals surface area contributed by atoms with Crippen LogP contribution in [-0.2, 0) is 13.6 Å². The molecule has 1 saturated carbocycles. The second-order valence-corrected chi connectivity index (χ2v) is 12.9. The van der Waals surface area contributed by atoms with Gasteiger partial charge >= 0.3 is 6.09 Å². The van der Waals surface area contributed by atoms with E-state index >= 15 is 0 Å². The Morgan fingerprint density at radius 1 is 1.14 bits per heavy atom. The number of piperidine rings is 1. The number of nitrogens with zero attached hydrogens (tertiary/aromatic N) is 6. The first kappa shape index (κ1) is 28.1. The number of carbonyl (C=O) groups is 2. The van der Waals surface area contributed by atoms with Crippen molar-refractivity contribution in [3.63, 3.8) is 0 Å². The third kappa shape index (κ3) is 4.86. The number of imidazole rings is 1. The van der Waals surface area contributed by atoms with Crippen molar-refractivity contribution in [3.8, 4) is 17.3 Å². The number of fused-ring (bicyclic) bond motifs is 2. The molecular weight excluding hydrogens is 532 g/mol. The van der Waals surface area contributed by atoms with Crippen LogP contribution in [0.5, 0.6) is 5.75 Å². The van der Waals surface area contributed by atoms with E-state index in [0.717, 1.165) is 41.0 Å². The zero-order valence-electron chi connectivity index (χ0n) is 25.3. The van der Waals surface area contributed by atoms with Gasteiger partial charge in [0.25, 0.3) is 5.91 Å². The third-order valence-electron chi connectivity index (χ3n) is 8.84. The van der Waals surface area contributed by atoms with E-state index in [2.05, 4.69) is 21.7 Å². The van der Waals surface area contributed by atoms with E-state index in [1.165, 1.54) is 17.7 Å². The number of rotatable bonds is 6. The molecule has 10 nitrogen and oxygen atoms in total. The third-order valence-corrected chi connectivity index (χ3v) is 8.84. The lowest BCUT2D eigenvalue weighted by Gasteiger charge is -2.46. The van der Waals surface area contributed by atoms with Gasteiger partial charge in [0.2, 0.25) is 0 Å². The van der Waals surface area contributed by atoms with Gasteiger partial charge in [0.1, 0.15) is 16.9 Å². The van der Waals surface area contributed by atoms with Crippen LogP contribution in [0.3, 0.4) is 0 Å². The molecule has 3 aromatic heterocycles. The molecule has 0 spiro atoms. The van der Waals surface area contributed by atoms with E-state index in [1.54, 1.807) is 18.1 Å². The molecule has 0 radical (unpaired) electrons. The number of pyridine rings is 1. The number of aryl methyl sites for hydroxylation is 1. The molecule has 6 rings (SSSR count). The summed E-state index contributed by atoms with van der Waals surface area (Å²) in [5.74, 6) is 1.87. The first-order chi connectivity index (χ1) is 20.0. The van der Waals surface area contributed by atoms with Gasteiger partial charge in [0, 0.05) is 48.9 Å². The number of hydrogen-bond donors (Lipinski definition) is 1. The molecule has 0 bridgehead atoms. The van der Waals surface area contributed by atoms with Gasteiger partial charge in [-0.15, -0.1) is 0 Å². The maximum Gasteiger partial charge on any atom is 0.408 e. The monoisotopic (exact) mass is 572 g/mol. The maximum atomic E-state index is 14.0. The fraction of sp³-hybridized carbons (Fsp3) is 0.500. The van der Waals surface area contributed by atoms with Crippen molar-refractivity contribution < 1.29 is 19.4 Å². The van der Waals surface area contributed by atoms with Crippen LogP contribution in [0, 0.1) is 5.92 Å². The van der Waals surface area contributed by atoms with Crippen molar-refractivity contribution in [1.29, 1.82) is 0 Å². The molecule has 1 aliphatic heterocycles. The molecule has 1 aromatic carbocycles. The van der Waals surface area contributed by atoms with Gasteiger partial charge in [-0.05, 0) is 89.6 Å². The van der Waals surface area contributed by atoms with Crippen molar-refractivity contribution >= 4 is 34.1 Å². The number of likely N-dealkylation sites (tertiary alicyclic amines) is 1. The summed E-state index contributed by atoms with van der Waals surface area (Å²) >= 11 is 0. The largest absolute Gasteiger partial charge is 0.494 e. The summed E-state index contributed by atoms with van der Waals surface area (Å²) in [5, 5.41) is 11.1. The van der Waals surface area contributed by atoms with Gasteiger partial charge in [-0.2, -0.15) is 0 Å². The highest BCUT2D eigenvalue weighted by molar-refractivity contribution is 6.00. The Labute approximate surface area is 245 Å². The number of benzene rings is 1. The molecule has 1 N–H and O–H groups in total. The lowest BCUT2D eigenvalue weighted by Crippen LogP contribution is -2.59. The van der Waals surface area contributed by atoms with Gasteiger partial charge in [-0.25, -0.2) is 14.8 Å². The Balaban J connectivity index is 1.39. The Morgan fingerprint density at radius 3 is 2.57 bits per heavy atom. The minimum atomic E-state index is -0.965. The summed E-state index contributed by atoms with van der Waals surface area (Å²) in [4.78, 5) is 39.2. The average Bonchev–Trinajstić information content (AvgIpc) is 3.61. The van der Waals surface area contributed by atoms with Crippen molar-refractivity contribution in [2.24, 2.45) is 13.0 Å². The molecule has 2 unspecified atom stereocenters. The first-order valence-electron chi connectivity index (χ1n) is 14.8. The van der Waals surface area contributed by atoms with Gasteiger partial charge in [-0.1, -0.05) is 0 Å². The minimum Gasteiger partial charge on any atom is -0.494 e. The van der Waals surface area contributed by atoms with Gasteiger partial charge in [0.05, 0.1) is 24.4 Å². The normalized spacial score (nSPS) is 19.4. The number of carboxylic acid groups (broad SMARTS) is 1. The van der Waals surface area contributed by atoms with E-state index in [1.807, 2.05) is 57.6 Å². The fourth-order valence-corrected chi connectivity index (χ4v) is 6.57. The molecule has 10 heteroatoms. The van der Waals surface area contributed by atoms with Crippen LogP contribution in [-0.4, -0.2) is 77.3 Å². The maximum absolute atomic E-state index is 14.0. The molecule has 2 fully saturated rings. The highest BCUT2D eigenvalue weighted by Gasteiger charge is 2.39. The second-order valence-electron chi connectivity index (χ2n) is 12.9. The number of ether oxygens (including phenoxy) is 1. The van der Waals surface area contributed by atoms with E-state index in [0.29, 0.717) is 35.7 Å². The van der Waals surface area contributed by atoms with Crippen LogP contribution < -0.4 is 4.74 Å². The second kappa shape index (κ2) is 10.3. The number of carbonyl (C=O) groups excluding carboxylic acids is 1. The number of aromatic nitrogens is 4. The Bertz CT molecular complexity index is 1680. The topological polar surface area (TPSA) is 106 Å². The molecule has 42 heavy (non-hydrogen) atoms. The molecule has 2 aliphatic rings. The number of methoxy groups -OCH3 is 1. The Hall–Kier alpha value is -4.08. The van der Waals surface area contributed by atoms with Crippen LogP contribution >= 0.6 is 0 Å². The molecule has 2 atom stereocenters. The van der Waals surface area contributed by atoms with Crippen LogP contribution in [0.2, 0.25) is 0 Å². The summed E-state index contributed by atoms with van der Waals surface area (Å²) in [7, 11) is 3.59. The van der Waals surface area contributed by atoms with E-state index in [9.17, 15) is 14.7 Å². The lowest BCUT2D eigenvalue weighted by atomic mass is 9.93. The van der Waals surface area contributed by atoms with Gasteiger partial charge in [-0.3, -0.25) is 9.69 Å². The smallest absolute Gasteiger partial charge is 0.408 e. The molecule has 4 heterocycles. The van der Waals surface area contributed by atoms with Crippen molar-refractivity contribution in [2.75, 3.05) is 13.7 Å². The SMILES string of the molecule is COc1cc(C(=O)N2CC(N(C(=O)O)C(C)(C)C)CCC2C)cc2nc(-c3cc4cccnc4n3CC3CC3)n(C)c12. The summed E-state index contributed by atoms with van der Waals surface area (Å²) in [6.45, 7) is 8.94. The molecule has 2 amide bonds. The number of amides is 2.